The van der Waals surface area contributed by atoms with Gasteiger partial charge in [-0.15, -0.1) is 0 Å². The Labute approximate surface area is 239 Å². The number of ether oxygens (including phenoxy) is 3. The molecule has 0 spiro atoms. The average molecular weight is 548 g/mol. The van der Waals surface area contributed by atoms with E-state index in [9.17, 15) is 0 Å². The predicted molar refractivity (Wildman–Crippen MR) is 160 cm³/mol. The van der Waals surface area contributed by atoms with E-state index in [0.29, 0.717) is 11.6 Å². The highest BCUT2D eigenvalue weighted by atomic mass is 35.5. The summed E-state index contributed by atoms with van der Waals surface area (Å²) in [6.45, 7) is 8.28. The Morgan fingerprint density at radius 2 is 1.77 bits per heavy atom. The maximum absolute atomic E-state index is 6.75. The minimum Gasteiger partial charge on any atom is -0.485 e. The number of hydrogen-bond donors (Lipinski definition) is 1. The number of hydrogen-bond acceptors (Lipinski definition) is 4. The van der Waals surface area contributed by atoms with E-state index in [1.807, 2.05) is 24.3 Å². The topological polar surface area (TPSA) is 39.7 Å². The van der Waals surface area contributed by atoms with E-state index in [1.165, 1.54) is 43.2 Å². The Morgan fingerprint density at radius 3 is 2.56 bits per heavy atom. The van der Waals surface area contributed by atoms with Gasteiger partial charge >= 0.3 is 0 Å². The second-order valence-electron chi connectivity index (χ2n) is 11.7. The highest BCUT2D eigenvalue weighted by Crippen LogP contribution is 2.45. The molecule has 1 N–H and O–H groups in total. The predicted octanol–water partition coefficient (Wildman–Crippen LogP) is 9.05. The molecule has 4 nitrogen and oxygen atoms in total. The monoisotopic (exact) mass is 547 g/mol. The first-order valence-electron chi connectivity index (χ1n) is 14.5. The minimum atomic E-state index is -0.558. The number of fused-ring (bicyclic) bond motifs is 1. The van der Waals surface area contributed by atoms with Crippen molar-refractivity contribution in [3.05, 3.63) is 94.0 Å². The number of nitrogens with one attached hydrogen (secondary N) is 1. The molecule has 1 saturated carbocycles. The summed E-state index contributed by atoms with van der Waals surface area (Å²) in [5.74, 6) is 1.63. The van der Waals surface area contributed by atoms with Crippen LogP contribution in [-0.4, -0.2) is 18.3 Å². The standard InChI is InChI=1S/C34H42ClNO3/c1-24-10-7-8-14-27(24)22-36-29-16-17-31-30(21-29)32(37-19-18-25-11-5-4-6-12-25)33(34(2,3)39-31)38-23-26-13-9-15-28(35)20-26/h7-10,13-17,20-21,25,32-33,36H,4-6,11-12,18-19,22-23H2,1-3H3. The normalized spacial score (nSPS) is 20.7. The molecule has 1 heterocycles. The number of anilines is 1. The van der Waals surface area contributed by atoms with Crippen LogP contribution in [-0.2, 0) is 22.6 Å². The third-order valence-electron chi connectivity index (χ3n) is 8.26. The van der Waals surface area contributed by atoms with Crippen molar-refractivity contribution in [1.29, 1.82) is 0 Å². The molecule has 208 valence electrons. The second-order valence-corrected chi connectivity index (χ2v) is 12.1. The lowest BCUT2D eigenvalue weighted by Crippen LogP contribution is -2.51. The zero-order chi connectivity index (χ0) is 27.2. The van der Waals surface area contributed by atoms with Gasteiger partial charge in [0.15, 0.2) is 0 Å². The molecule has 0 radical (unpaired) electrons. The van der Waals surface area contributed by atoms with E-state index in [-0.39, 0.29) is 12.2 Å². The molecule has 5 heteroatoms. The van der Waals surface area contributed by atoms with Crippen LogP contribution in [0.3, 0.4) is 0 Å². The molecule has 39 heavy (non-hydrogen) atoms. The van der Waals surface area contributed by atoms with Crippen LogP contribution in [0.15, 0.2) is 66.7 Å². The highest BCUT2D eigenvalue weighted by molar-refractivity contribution is 6.30. The quantitative estimate of drug-likeness (QED) is 0.275. The lowest BCUT2D eigenvalue weighted by Gasteiger charge is -2.44. The Balaban J connectivity index is 1.37. The molecule has 0 saturated heterocycles. The van der Waals surface area contributed by atoms with Crippen LogP contribution in [0.1, 0.15) is 80.7 Å². The van der Waals surface area contributed by atoms with Crippen LogP contribution in [0.2, 0.25) is 5.02 Å². The van der Waals surface area contributed by atoms with Crippen molar-refractivity contribution in [2.45, 2.75) is 90.3 Å². The third kappa shape index (κ3) is 7.16. The SMILES string of the molecule is Cc1ccccc1CNc1ccc2c(c1)C(OCCC1CCCCC1)C(OCc1cccc(Cl)c1)C(C)(C)O2. The summed E-state index contributed by atoms with van der Waals surface area (Å²) in [5.41, 5.74) is 5.15. The molecular weight excluding hydrogens is 506 g/mol. The van der Waals surface area contributed by atoms with Gasteiger partial charge in [-0.2, -0.15) is 0 Å². The van der Waals surface area contributed by atoms with E-state index < -0.39 is 5.60 Å². The second kappa shape index (κ2) is 12.8. The molecule has 0 bridgehead atoms. The van der Waals surface area contributed by atoms with Crippen molar-refractivity contribution in [3.63, 3.8) is 0 Å². The Morgan fingerprint density at radius 1 is 0.949 bits per heavy atom. The molecule has 1 aliphatic carbocycles. The zero-order valence-corrected chi connectivity index (χ0v) is 24.3. The van der Waals surface area contributed by atoms with Crippen molar-refractivity contribution in [3.8, 4) is 5.75 Å². The first-order valence-corrected chi connectivity index (χ1v) is 14.9. The molecule has 1 aliphatic heterocycles. The Bertz CT molecular complexity index is 1240. The van der Waals surface area contributed by atoms with Crippen molar-refractivity contribution >= 4 is 17.3 Å². The van der Waals surface area contributed by atoms with Crippen molar-refractivity contribution in [1.82, 2.24) is 0 Å². The van der Waals surface area contributed by atoms with E-state index >= 15 is 0 Å². The van der Waals surface area contributed by atoms with Gasteiger partial charge in [0, 0.05) is 29.4 Å². The van der Waals surface area contributed by atoms with Crippen LogP contribution in [0.4, 0.5) is 5.69 Å². The van der Waals surface area contributed by atoms with Gasteiger partial charge in [-0.1, -0.05) is 80.1 Å². The average Bonchev–Trinajstić information content (AvgIpc) is 2.92. The van der Waals surface area contributed by atoms with Crippen molar-refractivity contribution in [2.24, 2.45) is 5.92 Å². The summed E-state index contributed by atoms with van der Waals surface area (Å²) in [7, 11) is 0. The third-order valence-corrected chi connectivity index (χ3v) is 8.50. The van der Waals surface area contributed by atoms with Gasteiger partial charge < -0.3 is 19.5 Å². The summed E-state index contributed by atoms with van der Waals surface area (Å²) in [4.78, 5) is 0. The lowest BCUT2D eigenvalue weighted by molar-refractivity contribution is -0.168. The Kier molecular flexibility index (Phi) is 9.17. The molecule has 2 atom stereocenters. The molecule has 3 aromatic rings. The fourth-order valence-electron chi connectivity index (χ4n) is 5.96. The van der Waals surface area contributed by atoms with Crippen LogP contribution in [0, 0.1) is 12.8 Å². The van der Waals surface area contributed by atoms with E-state index in [1.54, 1.807) is 0 Å². The summed E-state index contributed by atoms with van der Waals surface area (Å²) in [5, 5.41) is 4.33. The fraction of sp³-hybridized carbons (Fsp3) is 0.471. The molecular formula is C34H42ClNO3. The number of benzene rings is 3. The number of aryl methyl sites for hydroxylation is 1. The van der Waals surface area contributed by atoms with Gasteiger partial charge in [0.05, 0.1) is 6.61 Å². The maximum Gasteiger partial charge on any atom is 0.132 e. The van der Waals surface area contributed by atoms with E-state index in [2.05, 4.69) is 68.6 Å². The van der Waals surface area contributed by atoms with Crippen LogP contribution in [0.25, 0.3) is 0 Å². The number of halogens is 1. The first kappa shape index (κ1) is 28.0. The Hall–Kier alpha value is -2.53. The number of rotatable bonds is 10. The van der Waals surface area contributed by atoms with Crippen LogP contribution >= 0.6 is 11.6 Å². The van der Waals surface area contributed by atoms with Gasteiger partial charge in [0.2, 0.25) is 0 Å². The molecule has 5 rings (SSSR count). The first-order chi connectivity index (χ1) is 18.9. The van der Waals surface area contributed by atoms with Crippen LogP contribution in [0.5, 0.6) is 5.75 Å². The van der Waals surface area contributed by atoms with E-state index in [4.69, 9.17) is 25.8 Å². The minimum absolute atomic E-state index is 0.230. The molecule has 3 aromatic carbocycles. The van der Waals surface area contributed by atoms with Gasteiger partial charge in [0.25, 0.3) is 0 Å². The van der Waals surface area contributed by atoms with Gasteiger partial charge in [-0.3, -0.25) is 0 Å². The van der Waals surface area contributed by atoms with Gasteiger partial charge in [0.1, 0.15) is 23.6 Å². The lowest BCUT2D eigenvalue weighted by atomic mass is 9.86. The molecule has 0 aromatic heterocycles. The maximum atomic E-state index is 6.75. The summed E-state index contributed by atoms with van der Waals surface area (Å²) in [6.07, 6.45) is 7.30. The summed E-state index contributed by atoms with van der Waals surface area (Å²) in [6, 6.07) is 22.7. The molecule has 2 unspecified atom stereocenters. The summed E-state index contributed by atoms with van der Waals surface area (Å²) < 4.78 is 19.9. The fourth-order valence-corrected chi connectivity index (χ4v) is 6.18. The van der Waals surface area contributed by atoms with Crippen LogP contribution < -0.4 is 10.1 Å². The molecule has 1 fully saturated rings. The summed E-state index contributed by atoms with van der Waals surface area (Å²) >= 11 is 6.25. The highest BCUT2D eigenvalue weighted by Gasteiger charge is 2.45. The zero-order valence-electron chi connectivity index (χ0n) is 23.5. The molecule has 0 amide bonds. The largest absolute Gasteiger partial charge is 0.485 e. The van der Waals surface area contributed by atoms with Crippen molar-refractivity contribution in [2.75, 3.05) is 11.9 Å². The van der Waals surface area contributed by atoms with Gasteiger partial charge in [-0.05, 0) is 80.1 Å². The van der Waals surface area contributed by atoms with E-state index in [0.717, 1.165) is 48.1 Å². The smallest absolute Gasteiger partial charge is 0.132 e. The van der Waals surface area contributed by atoms with Gasteiger partial charge in [-0.25, -0.2) is 0 Å². The molecule has 2 aliphatic rings. The van der Waals surface area contributed by atoms with Crippen molar-refractivity contribution < 1.29 is 14.2 Å².